The lowest BCUT2D eigenvalue weighted by atomic mass is 9.98. The summed E-state index contributed by atoms with van der Waals surface area (Å²) in [6.07, 6.45) is 9.11. The van der Waals surface area contributed by atoms with Gasteiger partial charge in [0.2, 0.25) is 0 Å². The van der Waals surface area contributed by atoms with E-state index in [1.54, 1.807) is 0 Å². The molecule has 0 radical (unpaired) electrons. The van der Waals surface area contributed by atoms with Crippen LogP contribution in [0.25, 0.3) is 0 Å². The second-order valence-corrected chi connectivity index (χ2v) is 4.24. The standard InChI is InChI=1S/C12H24N2/c1-3-7-12(14-13-10-4-2)11-8-5-6-9-11/h11,13H,3-10H2,1-2H3/b14-12+. The average molecular weight is 196 g/mol. The van der Waals surface area contributed by atoms with Gasteiger partial charge in [-0.05, 0) is 31.6 Å². The number of hydrogen-bond acceptors (Lipinski definition) is 2. The van der Waals surface area contributed by atoms with Crippen LogP contribution in [0.2, 0.25) is 0 Å². The topological polar surface area (TPSA) is 24.4 Å². The maximum Gasteiger partial charge on any atom is 0.0409 e. The van der Waals surface area contributed by atoms with E-state index in [4.69, 9.17) is 0 Å². The first kappa shape index (κ1) is 11.5. The molecular weight excluding hydrogens is 172 g/mol. The Morgan fingerprint density at radius 1 is 1.21 bits per heavy atom. The predicted molar refractivity (Wildman–Crippen MR) is 62.6 cm³/mol. The van der Waals surface area contributed by atoms with Crippen molar-refractivity contribution in [2.75, 3.05) is 6.54 Å². The number of nitrogens with one attached hydrogen (secondary N) is 1. The van der Waals surface area contributed by atoms with Crippen molar-refractivity contribution >= 4 is 5.71 Å². The average Bonchev–Trinajstić information content (AvgIpc) is 2.70. The van der Waals surface area contributed by atoms with Crippen molar-refractivity contribution in [1.82, 2.24) is 5.43 Å². The number of hydrogen-bond donors (Lipinski definition) is 1. The summed E-state index contributed by atoms with van der Waals surface area (Å²) < 4.78 is 0. The van der Waals surface area contributed by atoms with Crippen molar-refractivity contribution < 1.29 is 0 Å². The van der Waals surface area contributed by atoms with Crippen molar-refractivity contribution in [1.29, 1.82) is 0 Å². The van der Waals surface area contributed by atoms with E-state index in [0.29, 0.717) is 0 Å². The van der Waals surface area contributed by atoms with Crippen molar-refractivity contribution in [3.8, 4) is 0 Å². The maximum absolute atomic E-state index is 4.55. The lowest BCUT2D eigenvalue weighted by Gasteiger charge is -2.12. The van der Waals surface area contributed by atoms with Gasteiger partial charge in [0.25, 0.3) is 0 Å². The number of hydrazone groups is 1. The molecule has 0 aromatic heterocycles. The van der Waals surface area contributed by atoms with Gasteiger partial charge < -0.3 is 5.43 Å². The Labute approximate surface area is 88.2 Å². The van der Waals surface area contributed by atoms with Crippen molar-refractivity contribution in [3.05, 3.63) is 0 Å². The van der Waals surface area contributed by atoms with Gasteiger partial charge in [-0.25, -0.2) is 0 Å². The summed E-state index contributed by atoms with van der Waals surface area (Å²) in [6.45, 7) is 5.43. The van der Waals surface area contributed by atoms with Gasteiger partial charge >= 0.3 is 0 Å². The number of nitrogens with zero attached hydrogens (tertiary/aromatic N) is 1. The van der Waals surface area contributed by atoms with Crippen LogP contribution >= 0.6 is 0 Å². The molecule has 1 aliphatic carbocycles. The molecule has 2 nitrogen and oxygen atoms in total. The van der Waals surface area contributed by atoms with Crippen LogP contribution in [0.4, 0.5) is 0 Å². The molecule has 0 spiro atoms. The quantitative estimate of drug-likeness (QED) is 0.393. The summed E-state index contributed by atoms with van der Waals surface area (Å²) in [5, 5.41) is 4.55. The highest BCUT2D eigenvalue weighted by atomic mass is 15.3. The zero-order valence-electron chi connectivity index (χ0n) is 9.68. The summed E-state index contributed by atoms with van der Waals surface area (Å²) >= 11 is 0. The van der Waals surface area contributed by atoms with E-state index in [-0.39, 0.29) is 0 Å². The van der Waals surface area contributed by atoms with Gasteiger partial charge in [0.1, 0.15) is 0 Å². The van der Waals surface area contributed by atoms with Crippen LogP contribution in [0, 0.1) is 5.92 Å². The first-order valence-electron chi connectivity index (χ1n) is 6.17. The third-order valence-corrected chi connectivity index (χ3v) is 2.92. The molecule has 1 saturated carbocycles. The Kier molecular flexibility index (Phi) is 5.65. The summed E-state index contributed by atoms with van der Waals surface area (Å²) in [5.74, 6) is 0.791. The fourth-order valence-corrected chi connectivity index (χ4v) is 2.14. The van der Waals surface area contributed by atoms with Crippen LogP contribution < -0.4 is 5.43 Å². The second-order valence-electron chi connectivity index (χ2n) is 4.24. The van der Waals surface area contributed by atoms with E-state index in [2.05, 4.69) is 24.4 Å². The van der Waals surface area contributed by atoms with Crippen LogP contribution in [0.5, 0.6) is 0 Å². The van der Waals surface area contributed by atoms with Crippen LogP contribution in [0.3, 0.4) is 0 Å². The van der Waals surface area contributed by atoms with Crippen LogP contribution in [0.15, 0.2) is 5.10 Å². The van der Waals surface area contributed by atoms with E-state index >= 15 is 0 Å². The molecule has 0 heterocycles. The van der Waals surface area contributed by atoms with Gasteiger partial charge in [0.15, 0.2) is 0 Å². The largest absolute Gasteiger partial charge is 0.310 e. The highest BCUT2D eigenvalue weighted by molar-refractivity contribution is 5.86. The van der Waals surface area contributed by atoms with Crippen LogP contribution in [-0.2, 0) is 0 Å². The lowest BCUT2D eigenvalue weighted by Crippen LogP contribution is -2.17. The molecular formula is C12H24N2. The van der Waals surface area contributed by atoms with Gasteiger partial charge in [-0.3, -0.25) is 0 Å². The molecule has 1 aliphatic rings. The van der Waals surface area contributed by atoms with Gasteiger partial charge in [-0.1, -0.05) is 33.1 Å². The second kappa shape index (κ2) is 6.86. The van der Waals surface area contributed by atoms with Crippen LogP contribution in [-0.4, -0.2) is 12.3 Å². The van der Waals surface area contributed by atoms with Crippen molar-refractivity contribution in [2.24, 2.45) is 11.0 Å². The van der Waals surface area contributed by atoms with E-state index in [1.807, 2.05) is 0 Å². The fourth-order valence-electron chi connectivity index (χ4n) is 2.14. The molecule has 14 heavy (non-hydrogen) atoms. The van der Waals surface area contributed by atoms with E-state index in [9.17, 15) is 0 Å². The van der Waals surface area contributed by atoms with Gasteiger partial charge in [-0.15, -0.1) is 0 Å². The molecule has 0 amide bonds. The van der Waals surface area contributed by atoms with Crippen molar-refractivity contribution in [2.45, 2.75) is 58.8 Å². The summed E-state index contributed by atoms with van der Waals surface area (Å²) in [7, 11) is 0. The molecule has 0 aromatic rings. The molecule has 1 fully saturated rings. The zero-order chi connectivity index (χ0) is 10.2. The highest BCUT2D eigenvalue weighted by Gasteiger charge is 2.19. The zero-order valence-corrected chi connectivity index (χ0v) is 9.68. The van der Waals surface area contributed by atoms with Gasteiger partial charge in [0.05, 0.1) is 0 Å². The molecule has 0 saturated heterocycles. The Morgan fingerprint density at radius 2 is 1.93 bits per heavy atom. The van der Waals surface area contributed by atoms with Crippen molar-refractivity contribution in [3.63, 3.8) is 0 Å². The minimum atomic E-state index is 0.791. The summed E-state index contributed by atoms with van der Waals surface area (Å²) in [5.41, 5.74) is 4.61. The molecule has 0 aromatic carbocycles. The molecule has 2 heteroatoms. The Bertz CT molecular complexity index is 169. The highest BCUT2D eigenvalue weighted by Crippen LogP contribution is 2.27. The summed E-state index contributed by atoms with van der Waals surface area (Å²) in [6, 6.07) is 0. The third-order valence-electron chi connectivity index (χ3n) is 2.92. The summed E-state index contributed by atoms with van der Waals surface area (Å²) in [4.78, 5) is 0. The molecule has 0 atom stereocenters. The Balaban J connectivity index is 2.39. The fraction of sp³-hybridized carbons (Fsp3) is 0.917. The maximum atomic E-state index is 4.55. The molecule has 82 valence electrons. The van der Waals surface area contributed by atoms with E-state index in [1.165, 1.54) is 44.2 Å². The van der Waals surface area contributed by atoms with E-state index < -0.39 is 0 Å². The Hall–Kier alpha value is -0.530. The molecule has 0 unspecified atom stereocenters. The minimum Gasteiger partial charge on any atom is -0.310 e. The van der Waals surface area contributed by atoms with E-state index in [0.717, 1.165) is 18.9 Å². The SMILES string of the molecule is CCCN/N=C(\CCC)C1CCCC1. The predicted octanol–water partition coefficient (Wildman–Crippen LogP) is 3.33. The molecule has 1 rings (SSSR count). The molecule has 0 aliphatic heterocycles. The lowest BCUT2D eigenvalue weighted by molar-refractivity contribution is 0.660. The monoisotopic (exact) mass is 196 g/mol. The first-order valence-corrected chi connectivity index (χ1v) is 6.17. The number of rotatable bonds is 6. The molecule has 0 bridgehead atoms. The first-order chi connectivity index (χ1) is 6.88. The molecule has 1 N–H and O–H groups in total. The smallest absolute Gasteiger partial charge is 0.0409 e. The normalized spacial score (nSPS) is 18.9. The van der Waals surface area contributed by atoms with Gasteiger partial charge in [-0.2, -0.15) is 5.10 Å². The van der Waals surface area contributed by atoms with Crippen LogP contribution in [0.1, 0.15) is 58.8 Å². The third kappa shape index (κ3) is 3.69. The Morgan fingerprint density at radius 3 is 2.50 bits per heavy atom. The van der Waals surface area contributed by atoms with Gasteiger partial charge in [0, 0.05) is 12.3 Å². The minimum absolute atomic E-state index is 0.791.